The Morgan fingerprint density at radius 3 is 2.64 bits per heavy atom. The van der Waals surface area contributed by atoms with Gasteiger partial charge in [0.1, 0.15) is 16.7 Å². The lowest BCUT2D eigenvalue weighted by atomic mass is 10.3. The molecule has 22 heavy (non-hydrogen) atoms. The molecule has 5 nitrogen and oxygen atoms in total. The number of benzene rings is 1. The minimum Gasteiger partial charge on any atom is -0.406 e. The summed E-state index contributed by atoms with van der Waals surface area (Å²) in [4.78, 5) is 12.3. The molecule has 0 unspecified atom stereocenters. The van der Waals surface area contributed by atoms with Crippen LogP contribution in [0.4, 0.5) is 13.2 Å². The molecule has 0 aliphatic heterocycles. The van der Waals surface area contributed by atoms with Gasteiger partial charge in [0.05, 0.1) is 23.4 Å². The van der Waals surface area contributed by atoms with Crippen molar-refractivity contribution in [3.05, 3.63) is 41.6 Å². The standard InChI is InChI=1S/C13H8ClF3N4O/c1-7-19-9-4-8(22-13(15,16)17)2-3-10(9)21(7)12-6-18-5-11(14)20-12/h2-6H,1H3. The molecule has 3 rings (SSSR count). The monoisotopic (exact) mass is 328 g/mol. The second-order valence-electron chi connectivity index (χ2n) is 4.39. The van der Waals surface area contributed by atoms with Gasteiger partial charge in [0.25, 0.3) is 0 Å². The number of halogens is 4. The number of imidazole rings is 1. The third-order valence-corrected chi connectivity index (χ3v) is 3.03. The van der Waals surface area contributed by atoms with Crippen LogP contribution >= 0.6 is 11.6 Å². The lowest BCUT2D eigenvalue weighted by Gasteiger charge is -2.09. The molecule has 1 aromatic carbocycles. The topological polar surface area (TPSA) is 52.8 Å². The fraction of sp³-hybridized carbons (Fsp3) is 0.154. The molecule has 2 aromatic heterocycles. The van der Waals surface area contributed by atoms with E-state index in [-0.39, 0.29) is 10.9 Å². The molecule has 114 valence electrons. The molecule has 0 atom stereocenters. The highest BCUT2D eigenvalue weighted by atomic mass is 35.5. The number of ether oxygens (including phenoxy) is 1. The van der Waals surface area contributed by atoms with Gasteiger partial charge in [-0.15, -0.1) is 13.2 Å². The average molecular weight is 329 g/mol. The highest BCUT2D eigenvalue weighted by Gasteiger charge is 2.31. The van der Waals surface area contributed by atoms with Crippen molar-refractivity contribution in [2.24, 2.45) is 0 Å². The first-order chi connectivity index (χ1) is 10.3. The fourth-order valence-electron chi connectivity index (χ4n) is 2.11. The van der Waals surface area contributed by atoms with Crippen LogP contribution in [0.15, 0.2) is 30.6 Å². The maximum Gasteiger partial charge on any atom is 0.573 e. The van der Waals surface area contributed by atoms with Crippen LogP contribution in [0.25, 0.3) is 16.9 Å². The predicted molar refractivity (Wildman–Crippen MR) is 73.1 cm³/mol. The molecule has 0 radical (unpaired) electrons. The summed E-state index contributed by atoms with van der Waals surface area (Å²) in [5.74, 6) is 0.634. The summed E-state index contributed by atoms with van der Waals surface area (Å²) in [7, 11) is 0. The highest BCUT2D eigenvalue weighted by Crippen LogP contribution is 2.28. The number of hydrogen-bond donors (Lipinski definition) is 0. The molecular weight excluding hydrogens is 321 g/mol. The summed E-state index contributed by atoms with van der Waals surface area (Å²) in [6.45, 7) is 1.70. The minimum absolute atomic E-state index is 0.204. The molecule has 0 fully saturated rings. The van der Waals surface area contributed by atoms with Gasteiger partial charge in [0, 0.05) is 6.07 Å². The Kier molecular flexibility index (Phi) is 3.40. The molecule has 0 aliphatic carbocycles. The highest BCUT2D eigenvalue weighted by molar-refractivity contribution is 6.29. The largest absolute Gasteiger partial charge is 0.573 e. The summed E-state index contributed by atoms with van der Waals surface area (Å²) >= 11 is 5.81. The van der Waals surface area contributed by atoms with Crippen LogP contribution in [-0.2, 0) is 0 Å². The van der Waals surface area contributed by atoms with Crippen molar-refractivity contribution in [2.45, 2.75) is 13.3 Å². The number of rotatable bonds is 2. The Morgan fingerprint density at radius 1 is 1.18 bits per heavy atom. The first-order valence-electron chi connectivity index (χ1n) is 6.06. The maximum atomic E-state index is 12.3. The van der Waals surface area contributed by atoms with Gasteiger partial charge >= 0.3 is 6.36 Å². The van der Waals surface area contributed by atoms with Crippen molar-refractivity contribution in [1.29, 1.82) is 0 Å². The molecule has 9 heteroatoms. The van der Waals surface area contributed by atoms with E-state index in [1.165, 1.54) is 30.6 Å². The van der Waals surface area contributed by atoms with E-state index in [9.17, 15) is 13.2 Å². The van der Waals surface area contributed by atoms with Crippen LogP contribution in [0.5, 0.6) is 5.75 Å². The molecule has 0 saturated carbocycles. The van der Waals surface area contributed by atoms with Gasteiger partial charge in [0.15, 0.2) is 5.82 Å². The number of fused-ring (bicyclic) bond motifs is 1. The van der Waals surface area contributed by atoms with Crippen LogP contribution < -0.4 is 4.74 Å². The van der Waals surface area contributed by atoms with Crippen molar-refractivity contribution in [3.8, 4) is 11.6 Å². The Labute approximate surface area is 127 Å². The van der Waals surface area contributed by atoms with Gasteiger partial charge in [0.2, 0.25) is 0 Å². The Bertz CT molecular complexity index is 847. The van der Waals surface area contributed by atoms with E-state index in [1.807, 2.05) is 0 Å². The van der Waals surface area contributed by atoms with Crippen molar-refractivity contribution >= 4 is 22.6 Å². The second-order valence-corrected chi connectivity index (χ2v) is 4.78. The van der Waals surface area contributed by atoms with Gasteiger partial charge in [-0.3, -0.25) is 9.55 Å². The smallest absolute Gasteiger partial charge is 0.406 e. The average Bonchev–Trinajstić information content (AvgIpc) is 2.72. The number of aryl methyl sites for hydroxylation is 1. The number of hydrogen-bond acceptors (Lipinski definition) is 4. The van der Waals surface area contributed by atoms with E-state index < -0.39 is 6.36 Å². The summed E-state index contributed by atoms with van der Waals surface area (Å²) in [6, 6.07) is 3.90. The Morgan fingerprint density at radius 2 is 1.95 bits per heavy atom. The van der Waals surface area contributed by atoms with Crippen LogP contribution in [-0.4, -0.2) is 25.9 Å². The van der Waals surface area contributed by atoms with Crippen LogP contribution in [0, 0.1) is 6.92 Å². The molecule has 0 amide bonds. The molecule has 3 aromatic rings. The SMILES string of the molecule is Cc1nc2cc(OC(F)(F)F)ccc2n1-c1cncc(Cl)n1. The number of nitrogens with zero attached hydrogens (tertiary/aromatic N) is 4. The van der Waals surface area contributed by atoms with Crippen molar-refractivity contribution in [2.75, 3.05) is 0 Å². The Hall–Kier alpha value is -2.35. The lowest BCUT2D eigenvalue weighted by Crippen LogP contribution is -2.17. The molecule has 0 N–H and O–H groups in total. The predicted octanol–water partition coefficient (Wildman–Crippen LogP) is 3.68. The van der Waals surface area contributed by atoms with Gasteiger partial charge < -0.3 is 4.74 Å². The van der Waals surface area contributed by atoms with Crippen LogP contribution in [0.3, 0.4) is 0 Å². The van der Waals surface area contributed by atoms with E-state index in [2.05, 4.69) is 19.7 Å². The summed E-state index contributed by atoms with van der Waals surface area (Å²) in [5, 5.41) is 0.204. The van der Waals surface area contributed by atoms with Crippen molar-refractivity contribution in [3.63, 3.8) is 0 Å². The third kappa shape index (κ3) is 2.82. The molecule has 2 heterocycles. The molecular formula is C13H8ClF3N4O. The van der Waals surface area contributed by atoms with Crippen LogP contribution in [0.2, 0.25) is 5.15 Å². The van der Waals surface area contributed by atoms with Gasteiger partial charge in [-0.1, -0.05) is 11.6 Å². The normalized spacial score (nSPS) is 11.9. The van der Waals surface area contributed by atoms with E-state index in [1.54, 1.807) is 11.5 Å². The number of alkyl halides is 3. The first kappa shape index (κ1) is 14.6. The van der Waals surface area contributed by atoms with Gasteiger partial charge in [-0.25, -0.2) is 9.97 Å². The zero-order valence-electron chi connectivity index (χ0n) is 11.1. The summed E-state index contributed by atoms with van der Waals surface area (Å²) < 4.78 is 42.3. The van der Waals surface area contributed by atoms with Gasteiger partial charge in [-0.05, 0) is 19.1 Å². The summed E-state index contributed by atoms with van der Waals surface area (Å²) in [5.41, 5.74) is 0.921. The lowest BCUT2D eigenvalue weighted by molar-refractivity contribution is -0.274. The fourth-order valence-corrected chi connectivity index (χ4v) is 2.25. The molecule has 0 bridgehead atoms. The quantitative estimate of drug-likeness (QED) is 0.720. The molecule has 0 saturated heterocycles. The van der Waals surface area contributed by atoms with E-state index in [0.29, 0.717) is 22.7 Å². The Balaban J connectivity index is 2.11. The van der Waals surface area contributed by atoms with E-state index in [4.69, 9.17) is 11.6 Å². The van der Waals surface area contributed by atoms with E-state index >= 15 is 0 Å². The minimum atomic E-state index is -4.75. The maximum absolute atomic E-state index is 12.3. The first-order valence-corrected chi connectivity index (χ1v) is 6.44. The van der Waals surface area contributed by atoms with E-state index in [0.717, 1.165) is 0 Å². The molecule has 0 spiro atoms. The van der Waals surface area contributed by atoms with Crippen LogP contribution in [0.1, 0.15) is 5.82 Å². The third-order valence-electron chi connectivity index (χ3n) is 2.85. The summed E-state index contributed by atoms with van der Waals surface area (Å²) in [6.07, 6.45) is -1.88. The van der Waals surface area contributed by atoms with Gasteiger partial charge in [-0.2, -0.15) is 0 Å². The second kappa shape index (κ2) is 5.13. The van der Waals surface area contributed by atoms with Crippen molar-refractivity contribution in [1.82, 2.24) is 19.5 Å². The number of aromatic nitrogens is 4. The zero-order chi connectivity index (χ0) is 15.9. The van der Waals surface area contributed by atoms with Crippen molar-refractivity contribution < 1.29 is 17.9 Å². The zero-order valence-corrected chi connectivity index (χ0v) is 11.9. The molecule has 0 aliphatic rings.